The molecule has 0 N–H and O–H groups in total. The molecule has 1 saturated heterocycles. The summed E-state index contributed by atoms with van der Waals surface area (Å²) in [6, 6.07) is 11.7. The second kappa shape index (κ2) is 6.33. The van der Waals surface area contributed by atoms with Gasteiger partial charge in [-0.15, -0.1) is 0 Å². The van der Waals surface area contributed by atoms with Crippen LogP contribution in [0.25, 0.3) is 0 Å². The van der Waals surface area contributed by atoms with Gasteiger partial charge in [0.05, 0.1) is 6.20 Å². The Kier molecular flexibility index (Phi) is 4.27. The van der Waals surface area contributed by atoms with Crippen molar-refractivity contribution < 1.29 is 4.74 Å². The van der Waals surface area contributed by atoms with Crippen LogP contribution in [0, 0.1) is 0 Å². The molecule has 1 aromatic heterocycles. The molecule has 110 valence electrons. The maximum absolute atomic E-state index is 5.83. The van der Waals surface area contributed by atoms with Gasteiger partial charge in [-0.25, -0.2) is 4.98 Å². The number of aromatic nitrogens is 1. The summed E-state index contributed by atoms with van der Waals surface area (Å²) >= 11 is 5.78. The van der Waals surface area contributed by atoms with Gasteiger partial charge in [0.2, 0.25) is 0 Å². The minimum Gasteiger partial charge on any atom is -0.456 e. The number of hydrogen-bond donors (Lipinski definition) is 0. The van der Waals surface area contributed by atoms with E-state index in [1.54, 1.807) is 12.3 Å². The Morgan fingerprint density at radius 3 is 2.57 bits per heavy atom. The van der Waals surface area contributed by atoms with Crippen LogP contribution in [0.1, 0.15) is 0 Å². The van der Waals surface area contributed by atoms with Gasteiger partial charge in [0.1, 0.15) is 16.7 Å². The molecule has 0 radical (unpaired) electrons. The van der Waals surface area contributed by atoms with Crippen LogP contribution in [-0.2, 0) is 0 Å². The summed E-state index contributed by atoms with van der Waals surface area (Å²) in [7, 11) is 2.16. The van der Waals surface area contributed by atoms with Crippen molar-refractivity contribution in [3.8, 4) is 11.5 Å². The molecule has 2 heterocycles. The molecule has 0 unspecified atom stereocenters. The van der Waals surface area contributed by atoms with Crippen molar-refractivity contribution in [1.82, 2.24) is 9.88 Å². The van der Waals surface area contributed by atoms with Crippen LogP contribution in [0.3, 0.4) is 0 Å². The van der Waals surface area contributed by atoms with Crippen molar-refractivity contribution in [1.29, 1.82) is 0 Å². The SMILES string of the molecule is CN1CCN(c2cccc(Oc3ccc(Cl)nc3)c2)CC1. The molecular weight excluding hydrogens is 286 g/mol. The number of halogens is 1. The van der Waals surface area contributed by atoms with Gasteiger partial charge in [0.25, 0.3) is 0 Å². The van der Waals surface area contributed by atoms with E-state index in [4.69, 9.17) is 16.3 Å². The van der Waals surface area contributed by atoms with Gasteiger partial charge >= 0.3 is 0 Å². The highest BCUT2D eigenvalue weighted by molar-refractivity contribution is 6.29. The molecule has 5 heteroatoms. The molecule has 0 aliphatic carbocycles. The minimum atomic E-state index is 0.466. The van der Waals surface area contributed by atoms with E-state index in [0.29, 0.717) is 10.9 Å². The number of pyridine rings is 1. The van der Waals surface area contributed by atoms with Gasteiger partial charge in [-0.1, -0.05) is 17.7 Å². The zero-order valence-electron chi connectivity index (χ0n) is 12.0. The molecule has 1 aromatic carbocycles. The average molecular weight is 304 g/mol. The Hall–Kier alpha value is -1.78. The lowest BCUT2D eigenvalue weighted by atomic mass is 10.2. The zero-order valence-corrected chi connectivity index (χ0v) is 12.8. The van der Waals surface area contributed by atoms with Crippen molar-refractivity contribution in [3.63, 3.8) is 0 Å². The Morgan fingerprint density at radius 1 is 1.05 bits per heavy atom. The highest BCUT2D eigenvalue weighted by Crippen LogP contribution is 2.26. The number of piperazine rings is 1. The molecule has 4 nitrogen and oxygen atoms in total. The summed E-state index contributed by atoms with van der Waals surface area (Å²) in [5.74, 6) is 1.51. The van der Waals surface area contributed by atoms with E-state index in [0.717, 1.165) is 31.9 Å². The lowest BCUT2D eigenvalue weighted by Crippen LogP contribution is -2.44. The van der Waals surface area contributed by atoms with Crippen LogP contribution in [0.5, 0.6) is 11.5 Å². The van der Waals surface area contributed by atoms with E-state index in [1.165, 1.54) is 5.69 Å². The lowest BCUT2D eigenvalue weighted by molar-refractivity contribution is 0.313. The van der Waals surface area contributed by atoms with E-state index in [1.807, 2.05) is 18.2 Å². The van der Waals surface area contributed by atoms with Gasteiger partial charge in [0.15, 0.2) is 0 Å². The summed E-state index contributed by atoms with van der Waals surface area (Å²) in [6.45, 7) is 4.27. The molecule has 0 atom stereocenters. The molecule has 1 fully saturated rings. The van der Waals surface area contributed by atoms with E-state index >= 15 is 0 Å². The molecule has 0 saturated carbocycles. The maximum atomic E-state index is 5.83. The standard InChI is InChI=1S/C16H18ClN3O/c1-19-7-9-20(10-8-19)13-3-2-4-14(11-13)21-15-5-6-16(17)18-12-15/h2-6,11-12H,7-10H2,1H3. The molecule has 1 aliphatic heterocycles. The smallest absolute Gasteiger partial charge is 0.145 e. The van der Waals surface area contributed by atoms with Gasteiger partial charge in [-0.05, 0) is 31.3 Å². The Bertz CT molecular complexity index is 595. The number of ether oxygens (including phenoxy) is 1. The van der Waals surface area contributed by atoms with Crippen molar-refractivity contribution in [3.05, 3.63) is 47.7 Å². The number of nitrogens with zero attached hydrogens (tertiary/aromatic N) is 3. The van der Waals surface area contributed by atoms with Crippen LogP contribution in [-0.4, -0.2) is 43.1 Å². The van der Waals surface area contributed by atoms with Gasteiger partial charge in [-0.3, -0.25) is 0 Å². The van der Waals surface area contributed by atoms with Gasteiger partial charge in [-0.2, -0.15) is 0 Å². The van der Waals surface area contributed by atoms with E-state index < -0.39 is 0 Å². The quantitative estimate of drug-likeness (QED) is 0.814. The third kappa shape index (κ3) is 3.65. The molecule has 21 heavy (non-hydrogen) atoms. The third-order valence-corrected chi connectivity index (χ3v) is 3.85. The fourth-order valence-electron chi connectivity index (χ4n) is 2.37. The Morgan fingerprint density at radius 2 is 1.86 bits per heavy atom. The van der Waals surface area contributed by atoms with Crippen molar-refractivity contribution in [2.75, 3.05) is 38.1 Å². The van der Waals surface area contributed by atoms with Crippen LogP contribution in [0.2, 0.25) is 5.15 Å². The summed E-state index contributed by atoms with van der Waals surface area (Å²) < 4.78 is 5.83. The highest BCUT2D eigenvalue weighted by Gasteiger charge is 2.14. The fourth-order valence-corrected chi connectivity index (χ4v) is 2.48. The van der Waals surface area contributed by atoms with Gasteiger partial charge in [0, 0.05) is 37.9 Å². The molecule has 2 aromatic rings. The molecule has 0 bridgehead atoms. The van der Waals surface area contributed by atoms with Crippen LogP contribution < -0.4 is 9.64 Å². The summed E-state index contributed by atoms with van der Waals surface area (Å²) in [4.78, 5) is 8.75. The predicted octanol–water partition coefficient (Wildman–Crippen LogP) is 3.28. The average Bonchev–Trinajstić information content (AvgIpc) is 2.51. The second-order valence-corrected chi connectivity index (χ2v) is 5.59. The van der Waals surface area contributed by atoms with Crippen molar-refractivity contribution >= 4 is 17.3 Å². The maximum Gasteiger partial charge on any atom is 0.145 e. The molecular formula is C16H18ClN3O. The van der Waals surface area contributed by atoms with E-state index in [-0.39, 0.29) is 0 Å². The monoisotopic (exact) mass is 303 g/mol. The predicted molar refractivity (Wildman–Crippen MR) is 85.5 cm³/mol. The van der Waals surface area contributed by atoms with E-state index in [2.05, 4.69) is 34.0 Å². The van der Waals surface area contributed by atoms with Crippen LogP contribution in [0.15, 0.2) is 42.6 Å². The summed E-state index contributed by atoms with van der Waals surface area (Å²) in [5, 5.41) is 0.466. The Labute approximate surface area is 129 Å². The number of hydrogen-bond acceptors (Lipinski definition) is 4. The number of benzene rings is 1. The second-order valence-electron chi connectivity index (χ2n) is 5.21. The lowest BCUT2D eigenvalue weighted by Gasteiger charge is -2.34. The first-order chi connectivity index (χ1) is 10.2. The first kappa shape index (κ1) is 14.2. The third-order valence-electron chi connectivity index (χ3n) is 3.62. The summed E-state index contributed by atoms with van der Waals surface area (Å²) in [6.07, 6.45) is 1.63. The van der Waals surface area contributed by atoms with Crippen molar-refractivity contribution in [2.24, 2.45) is 0 Å². The molecule has 0 spiro atoms. The fraction of sp³-hybridized carbons (Fsp3) is 0.312. The largest absolute Gasteiger partial charge is 0.456 e. The summed E-state index contributed by atoms with van der Waals surface area (Å²) in [5.41, 5.74) is 1.20. The topological polar surface area (TPSA) is 28.6 Å². The molecule has 0 amide bonds. The first-order valence-electron chi connectivity index (χ1n) is 7.04. The first-order valence-corrected chi connectivity index (χ1v) is 7.41. The van der Waals surface area contributed by atoms with Crippen LogP contribution >= 0.6 is 11.6 Å². The molecule has 3 rings (SSSR count). The highest BCUT2D eigenvalue weighted by atomic mass is 35.5. The minimum absolute atomic E-state index is 0.466. The van der Waals surface area contributed by atoms with Crippen LogP contribution in [0.4, 0.5) is 5.69 Å². The normalized spacial score (nSPS) is 16.0. The zero-order chi connectivity index (χ0) is 14.7. The Balaban J connectivity index is 1.72. The number of likely N-dealkylation sites (N-methyl/N-ethyl adjacent to an activating group) is 1. The number of anilines is 1. The molecule has 1 aliphatic rings. The van der Waals surface area contributed by atoms with Crippen molar-refractivity contribution in [2.45, 2.75) is 0 Å². The number of rotatable bonds is 3. The van der Waals surface area contributed by atoms with E-state index in [9.17, 15) is 0 Å². The van der Waals surface area contributed by atoms with Gasteiger partial charge < -0.3 is 14.5 Å².